The highest BCUT2D eigenvalue weighted by molar-refractivity contribution is 6.00. The number of carboxylic acids is 1. The smallest absolute Gasteiger partial charge is 0.417 e. The van der Waals surface area contributed by atoms with Gasteiger partial charge < -0.3 is 25.4 Å². The number of aliphatic hydroxyl groups is 1. The average Bonchev–Trinajstić information content (AvgIpc) is 2.83. The van der Waals surface area contributed by atoms with Crippen LogP contribution in [0.5, 0.6) is 0 Å². The number of nitrogens with one attached hydrogen (secondary N) is 2. The number of aliphatic hydroxyl groups excluding tert-OH is 1. The van der Waals surface area contributed by atoms with E-state index in [0.29, 0.717) is 0 Å². The number of amides is 1. The van der Waals surface area contributed by atoms with Crippen molar-refractivity contribution in [2.45, 2.75) is 25.7 Å². The van der Waals surface area contributed by atoms with Crippen molar-refractivity contribution < 1.29 is 33.0 Å². The van der Waals surface area contributed by atoms with Crippen molar-refractivity contribution in [2.75, 3.05) is 6.54 Å². The number of rotatable bonds is 7. The maximum atomic E-state index is 13.6. The number of hydrogen-bond donors (Lipinski definition) is 4. The van der Waals surface area contributed by atoms with Crippen LogP contribution in [-0.2, 0) is 28.9 Å². The number of aromatic amines is 1. The Balaban J connectivity index is 1.82. The molecular formula is C26H22F3N3O5. The Hall–Kier alpha value is -4.54. The summed E-state index contributed by atoms with van der Waals surface area (Å²) in [7, 11) is 0. The number of benzene rings is 2. The monoisotopic (exact) mass is 513 g/mol. The summed E-state index contributed by atoms with van der Waals surface area (Å²) in [5.41, 5.74) is -1.68. The SMILES string of the molecule is O=C(O)CCNC(=O)C1=C(O)c2cc(-c3ccccc3C(F)(F)F)c(=O)[nH]c2CN1Cc1ccccc1. The van der Waals surface area contributed by atoms with E-state index in [4.69, 9.17) is 5.11 Å². The normalized spacial score (nSPS) is 13.3. The number of aromatic nitrogens is 1. The number of halogens is 3. The van der Waals surface area contributed by atoms with Gasteiger partial charge in [0.2, 0.25) is 0 Å². The van der Waals surface area contributed by atoms with E-state index in [1.54, 1.807) is 30.3 Å². The molecular weight excluding hydrogens is 491 g/mol. The van der Waals surface area contributed by atoms with Gasteiger partial charge in [0.15, 0.2) is 5.76 Å². The lowest BCUT2D eigenvalue weighted by molar-refractivity contribution is -0.138. The molecule has 4 rings (SSSR count). The van der Waals surface area contributed by atoms with Gasteiger partial charge in [0.05, 0.1) is 18.5 Å². The van der Waals surface area contributed by atoms with Crippen LogP contribution in [-0.4, -0.2) is 38.5 Å². The van der Waals surface area contributed by atoms with Gasteiger partial charge in [-0.25, -0.2) is 0 Å². The number of carbonyl (C=O) groups excluding carboxylic acids is 1. The van der Waals surface area contributed by atoms with E-state index < -0.39 is 34.9 Å². The van der Waals surface area contributed by atoms with Crippen molar-refractivity contribution in [3.63, 3.8) is 0 Å². The van der Waals surface area contributed by atoms with Gasteiger partial charge in [0.25, 0.3) is 11.5 Å². The number of fused-ring (bicyclic) bond motifs is 1. The first-order chi connectivity index (χ1) is 17.6. The molecule has 1 aliphatic rings. The summed E-state index contributed by atoms with van der Waals surface area (Å²) in [6, 6.07) is 14.7. The van der Waals surface area contributed by atoms with Crippen LogP contribution in [0.3, 0.4) is 0 Å². The second-order valence-corrected chi connectivity index (χ2v) is 8.39. The summed E-state index contributed by atoms with van der Waals surface area (Å²) < 4.78 is 40.8. The number of carboxylic acid groups (broad SMARTS) is 1. The summed E-state index contributed by atoms with van der Waals surface area (Å²) in [4.78, 5) is 40.8. The summed E-state index contributed by atoms with van der Waals surface area (Å²) in [5, 5.41) is 22.5. The van der Waals surface area contributed by atoms with Crippen molar-refractivity contribution in [2.24, 2.45) is 0 Å². The molecule has 8 nitrogen and oxygen atoms in total. The Kier molecular flexibility index (Phi) is 7.05. The summed E-state index contributed by atoms with van der Waals surface area (Å²) in [5.74, 6) is -2.44. The van der Waals surface area contributed by atoms with Crippen LogP contribution in [0.1, 0.15) is 28.8 Å². The molecule has 0 aliphatic carbocycles. The van der Waals surface area contributed by atoms with Crippen molar-refractivity contribution in [1.29, 1.82) is 0 Å². The minimum absolute atomic E-state index is 0.000672. The van der Waals surface area contributed by atoms with Crippen molar-refractivity contribution in [1.82, 2.24) is 15.2 Å². The first kappa shape index (κ1) is 25.5. The summed E-state index contributed by atoms with van der Waals surface area (Å²) in [6.45, 7) is -0.0774. The van der Waals surface area contributed by atoms with E-state index in [1.807, 2.05) is 0 Å². The number of carbonyl (C=O) groups is 2. The number of hydrogen-bond acceptors (Lipinski definition) is 5. The Labute approximate surface area is 208 Å². The molecule has 37 heavy (non-hydrogen) atoms. The predicted octanol–water partition coefficient (Wildman–Crippen LogP) is 3.89. The van der Waals surface area contributed by atoms with Crippen molar-refractivity contribution >= 4 is 17.6 Å². The zero-order chi connectivity index (χ0) is 26.7. The van der Waals surface area contributed by atoms with Crippen LogP contribution in [0.4, 0.5) is 13.2 Å². The number of H-pyrrole nitrogens is 1. The Morgan fingerprint density at radius 3 is 2.35 bits per heavy atom. The van der Waals surface area contributed by atoms with Crippen molar-refractivity contribution in [3.05, 3.63) is 99.1 Å². The van der Waals surface area contributed by atoms with Gasteiger partial charge in [-0.3, -0.25) is 14.4 Å². The number of alkyl halides is 3. The highest BCUT2D eigenvalue weighted by Crippen LogP contribution is 2.38. The Bertz CT molecular complexity index is 1430. The van der Waals surface area contributed by atoms with Crippen LogP contribution >= 0.6 is 0 Å². The number of nitrogens with zero attached hydrogens (tertiary/aromatic N) is 1. The zero-order valence-corrected chi connectivity index (χ0v) is 19.3. The third-order valence-electron chi connectivity index (χ3n) is 5.85. The molecule has 0 saturated heterocycles. The third-order valence-corrected chi connectivity index (χ3v) is 5.85. The fourth-order valence-corrected chi connectivity index (χ4v) is 4.17. The van der Waals surface area contributed by atoms with E-state index in [2.05, 4.69) is 10.3 Å². The Morgan fingerprint density at radius 2 is 1.68 bits per heavy atom. The minimum Gasteiger partial charge on any atom is -0.505 e. The lowest BCUT2D eigenvalue weighted by atomic mass is 9.95. The van der Waals surface area contributed by atoms with Gasteiger partial charge >= 0.3 is 12.1 Å². The molecule has 0 unspecified atom stereocenters. The molecule has 2 aromatic carbocycles. The van der Waals surface area contributed by atoms with Gasteiger partial charge in [-0.05, 0) is 23.3 Å². The molecule has 4 N–H and O–H groups in total. The highest BCUT2D eigenvalue weighted by Gasteiger charge is 2.35. The van der Waals surface area contributed by atoms with E-state index >= 15 is 0 Å². The largest absolute Gasteiger partial charge is 0.505 e. The van der Waals surface area contributed by atoms with Crippen LogP contribution in [0, 0.1) is 0 Å². The zero-order valence-electron chi connectivity index (χ0n) is 19.3. The molecule has 0 spiro atoms. The average molecular weight is 513 g/mol. The molecule has 1 amide bonds. The molecule has 0 atom stereocenters. The van der Waals surface area contributed by atoms with Gasteiger partial charge in [0.1, 0.15) is 5.70 Å². The second kappa shape index (κ2) is 10.2. The lowest BCUT2D eigenvalue weighted by Gasteiger charge is -2.32. The quantitative estimate of drug-likeness (QED) is 0.380. The molecule has 0 radical (unpaired) electrons. The standard InChI is InChI=1S/C26H22F3N3O5/c27-26(28,29)19-9-5-4-8-16(19)17-12-18-20(31-24(17)36)14-32(13-15-6-2-1-3-7-15)22(23(18)35)25(37)30-11-10-21(33)34/h1-9,12,35H,10-11,13-14H2,(H,30,37)(H,31,36)(H,33,34). The summed E-state index contributed by atoms with van der Waals surface area (Å²) >= 11 is 0. The second-order valence-electron chi connectivity index (χ2n) is 8.39. The molecule has 0 fully saturated rings. The van der Waals surface area contributed by atoms with E-state index in [1.165, 1.54) is 17.0 Å². The predicted molar refractivity (Wildman–Crippen MR) is 128 cm³/mol. The van der Waals surface area contributed by atoms with E-state index in [0.717, 1.165) is 23.8 Å². The molecule has 0 bridgehead atoms. The molecule has 192 valence electrons. The molecule has 1 aromatic heterocycles. The topological polar surface area (TPSA) is 123 Å². The van der Waals surface area contributed by atoms with E-state index in [9.17, 15) is 32.7 Å². The molecule has 3 aromatic rings. The molecule has 1 aliphatic heterocycles. The van der Waals surface area contributed by atoms with Crippen LogP contribution < -0.4 is 10.9 Å². The minimum atomic E-state index is -4.72. The van der Waals surface area contributed by atoms with Crippen LogP contribution in [0.2, 0.25) is 0 Å². The van der Waals surface area contributed by atoms with Gasteiger partial charge in [-0.15, -0.1) is 0 Å². The van der Waals surface area contributed by atoms with Crippen molar-refractivity contribution in [3.8, 4) is 11.1 Å². The number of pyridine rings is 1. The maximum Gasteiger partial charge on any atom is 0.417 e. The number of aliphatic carboxylic acids is 1. The van der Waals surface area contributed by atoms with Gasteiger partial charge in [-0.2, -0.15) is 13.2 Å². The van der Waals surface area contributed by atoms with Crippen LogP contribution in [0.15, 0.2) is 71.2 Å². The third kappa shape index (κ3) is 5.50. The molecule has 11 heteroatoms. The Morgan fingerprint density at radius 1 is 1.00 bits per heavy atom. The summed E-state index contributed by atoms with van der Waals surface area (Å²) in [6.07, 6.45) is -5.07. The van der Waals surface area contributed by atoms with Gasteiger partial charge in [-0.1, -0.05) is 48.5 Å². The molecule has 2 heterocycles. The highest BCUT2D eigenvalue weighted by atomic mass is 19.4. The van der Waals surface area contributed by atoms with Gasteiger partial charge in [0, 0.05) is 29.9 Å². The first-order valence-electron chi connectivity index (χ1n) is 11.2. The first-order valence-corrected chi connectivity index (χ1v) is 11.2. The lowest BCUT2D eigenvalue weighted by Crippen LogP contribution is -2.39. The van der Waals surface area contributed by atoms with E-state index in [-0.39, 0.29) is 54.1 Å². The fourth-order valence-electron chi connectivity index (χ4n) is 4.17. The molecule has 0 saturated carbocycles. The maximum absolute atomic E-state index is 13.6. The fraction of sp³-hybridized carbons (Fsp3) is 0.192. The van der Waals surface area contributed by atoms with Crippen LogP contribution in [0.25, 0.3) is 16.9 Å².